The van der Waals surface area contributed by atoms with Gasteiger partial charge in [-0.25, -0.2) is 0 Å². The van der Waals surface area contributed by atoms with E-state index >= 15 is 0 Å². The van der Waals surface area contributed by atoms with Crippen LogP contribution in [0.2, 0.25) is 0 Å². The van der Waals surface area contributed by atoms with Gasteiger partial charge in [-0.1, -0.05) is 44.2 Å². The van der Waals surface area contributed by atoms with E-state index in [2.05, 4.69) is 41.9 Å². The zero-order chi connectivity index (χ0) is 14.6. The smallest absolute Gasteiger partial charge is 0.148 e. The summed E-state index contributed by atoms with van der Waals surface area (Å²) in [6.07, 6.45) is 2.21. The van der Waals surface area contributed by atoms with Crippen LogP contribution in [-0.4, -0.2) is 5.78 Å². The molecule has 0 unspecified atom stereocenters. The maximum atomic E-state index is 12.9. The first kappa shape index (κ1) is 15.5. The van der Waals surface area contributed by atoms with Gasteiger partial charge in [0.15, 0.2) is 0 Å². The molecule has 0 spiro atoms. The summed E-state index contributed by atoms with van der Waals surface area (Å²) >= 11 is 5.09. The van der Waals surface area contributed by atoms with Gasteiger partial charge >= 0.3 is 0 Å². The molecule has 0 amide bonds. The van der Waals surface area contributed by atoms with Crippen molar-refractivity contribution in [2.45, 2.75) is 38.5 Å². The van der Waals surface area contributed by atoms with Crippen LogP contribution in [0.4, 0.5) is 0 Å². The van der Waals surface area contributed by atoms with E-state index in [9.17, 15) is 4.79 Å². The molecule has 2 aromatic rings. The predicted octanol–water partition coefficient (Wildman–Crippen LogP) is 5.38. The molecule has 1 heterocycles. The number of carbonyl (C=O) groups is 1. The number of rotatable bonds is 6. The molecule has 1 nitrogen and oxygen atoms in total. The second-order valence-electron chi connectivity index (χ2n) is 4.99. The summed E-state index contributed by atoms with van der Waals surface area (Å²) in [6.45, 7) is 4.22. The van der Waals surface area contributed by atoms with E-state index in [4.69, 9.17) is 0 Å². The normalized spacial score (nSPS) is 11.6. The summed E-state index contributed by atoms with van der Waals surface area (Å²) < 4.78 is 1.06. The molecule has 20 heavy (non-hydrogen) atoms. The second kappa shape index (κ2) is 6.68. The van der Waals surface area contributed by atoms with Crippen molar-refractivity contribution in [3.63, 3.8) is 0 Å². The summed E-state index contributed by atoms with van der Waals surface area (Å²) in [5.74, 6) is 0.322. The Hall–Kier alpha value is -0.930. The van der Waals surface area contributed by atoms with Crippen molar-refractivity contribution >= 4 is 33.0 Å². The molecule has 0 N–H and O–H groups in total. The molecule has 0 aliphatic carbocycles. The minimum absolute atomic E-state index is 0.322. The predicted molar refractivity (Wildman–Crippen MR) is 89.4 cm³/mol. The largest absolute Gasteiger partial charge is 0.298 e. The van der Waals surface area contributed by atoms with Crippen LogP contribution >= 0.6 is 27.3 Å². The van der Waals surface area contributed by atoms with Gasteiger partial charge in [-0.3, -0.25) is 4.79 Å². The lowest BCUT2D eigenvalue weighted by molar-refractivity contribution is -0.124. The fraction of sp³-hybridized carbons (Fsp3) is 0.353. The minimum Gasteiger partial charge on any atom is -0.298 e. The lowest BCUT2D eigenvalue weighted by atomic mass is 9.71. The number of thiophene rings is 1. The summed E-state index contributed by atoms with van der Waals surface area (Å²) in [5.41, 5.74) is 0.795. The molecule has 0 radical (unpaired) electrons. The van der Waals surface area contributed by atoms with Crippen LogP contribution < -0.4 is 0 Å². The number of Topliss-reactive ketones (excluding diaryl/α,β-unsaturated/α-hetero) is 1. The summed E-state index contributed by atoms with van der Waals surface area (Å²) in [7, 11) is 0. The number of hydrogen-bond donors (Lipinski definition) is 0. The van der Waals surface area contributed by atoms with E-state index in [1.54, 1.807) is 11.3 Å². The van der Waals surface area contributed by atoms with Gasteiger partial charge in [0.1, 0.15) is 5.78 Å². The van der Waals surface area contributed by atoms with Crippen LogP contribution in [0.1, 0.15) is 37.1 Å². The molecule has 1 aromatic heterocycles. The highest BCUT2D eigenvalue weighted by Crippen LogP contribution is 2.34. The zero-order valence-corrected chi connectivity index (χ0v) is 14.3. The van der Waals surface area contributed by atoms with Gasteiger partial charge in [0.2, 0.25) is 0 Å². The van der Waals surface area contributed by atoms with Crippen molar-refractivity contribution in [2.75, 3.05) is 0 Å². The first-order valence-corrected chi connectivity index (χ1v) is 8.61. The molecule has 3 heteroatoms. The molecule has 0 saturated heterocycles. The van der Waals surface area contributed by atoms with Crippen LogP contribution in [0.5, 0.6) is 0 Å². The van der Waals surface area contributed by atoms with Gasteiger partial charge in [0.25, 0.3) is 0 Å². The first-order chi connectivity index (χ1) is 9.62. The van der Waals surface area contributed by atoms with E-state index in [1.165, 1.54) is 0 Å². The van der Waals surface area contributed by atoms with Gasteiger partial charge in [-0.05, 0) is 40.4 Å². The number of ketones is 1. The summed E-state index contributed by atoms with van der Waals surface area (Å²) in [4.78, 5) is 14.0. The van der Waals surface area contributed by atoms with Crippen LogP contribution in [0.15, 0.2) is 46.3 Å². The van der Waals surface area contributed by atoms with Crippen molar-refractivity contribution in [2.24, 2.45) is 0 Å². The van der Waals surface area contributed by atoms with Crippen molar-refractivity contribution < 1.29 is 4.79 Å². The average Bonchev–Trinajstić information content (AvgIpc) is 2.87. The van der Waals surface area contributed by atoms with Crippen LogP contribution in [0.3, 0.4) is 0 Å². The minimum atomic E-state index is -0.349. The molecule has 0 aliphatic rings. The van der Waals surface area contributed by atoms with Crippen LogP contribution in [0.25, 0.3) is 0 Å². The van der Waals surface area contributed by atoms with Crippen molar-refractivity contribution in [1.82, 2.24) is 0 Å². The molecule has 106 valence electrons. The Labute approximate surface area is 133 Å². The van der Waals surface area contributed by atoms with Gasteiger partial charge in [-0.15, -0.1) is 11.3 Å². The lowest BCUT2D eigenvalue weighted by Crippen LogP contribution is -2.35. The number of halogens is 1. The fourth-order valence-corrected chi connectivity index (χ4v) is 4.19. The first-order valence-electron chi connectivity index (χ1n) is 6.94. The monoisotopic (exact) mass is 350 g/mol. The molecule has 1 aromatic carbocycles. The molecule has 0 saturated carbocycles. The lowest BCUT2D eigenvalue weighted by Gasteiger charge is -2.30. The Morgan fingerprint density at radius 2 is 1.85 bits per heavy atom. The van der Waals surface area contributed by atoms with E-state index < -0.39 is 0 Å². The quantitative estimate of drug-likeness (QED) is 0.683. The third kappa shape index (κ3) is 3.04. The summed E-state index contributed by atoms with van der Waals surface area (Å²) in [6, 6.07) is 12.2. The Morgan fingerprint density at radius 1 is 1.20 bits per heavy atom. The SMILES string of the molecule is CCC(CC)(C(=O)Cc1cc(Br)cs1)c1ccccc1. The maximum Gasteiger partial charge on any atom is 0.148 e. The van der Waals surface area contributed by atoms with Crippen LogP contribution in [0, 0.1) is 0 Å². The maximum absolute atomic E-state index is 12.9. The number of benzene rings is 1. The number of carbonyl (C=O) groups excluding carboxylic acids is 1. The Kier molecular flexibility index (Phi) is 5.17. The zero-order valence-electron chi connectivity index (χ0n) is 11.9. The topological polar surface area (TPSA) is 17.1 Å². The van der Waals surface area contributed by atoms with E-state index in [0.717, 1.165) is 27.8 Å². The van der Waals surface area contributed by atoms with Gasteiger partial charge < -0.3 is 0 Å². The van der Waals surface area contributed by atoms with E-state index in [-0.39, 0.29) is 5.41 Å². The van der Waals surface area contributed by atoms with Crippen molar-refractivity contribution in [1.29, 1.82) is 0 Å². The molecular weight excluding hydrogens is 332 g/mol. The van der Waals surface area contributed by atoms with Crippen molar-refractivity contribution in [3.05, 3.63) is 56.7 Å². The Morgan fingerprint density at radius 3 is 2.35 bits per heavy atom. The summed E-state index contributed by atoms with van der Waals surface area (Å²) in [5, 5.41) is 2.03. The molecule has 0 aliphatic heterocycles. The number of hydrogen-bond acceptors (Lipinski definition) is 2. The molecule has 0 bridgehead atoms. The highest BCUT2D eigenvalue weighted by molar-refractivity contribution is 9.10. The Bertz CT molecular complexity index is 570. The van der Waals surface area contributed by atoms with Crippen molar-refractivity contribution in [3.8, 4) is 0 Å². The highest BCUT2D eigenvalue weighted by Gasteiger charge is 2.36. The molecule has 0 fully saturated rings. The van der Waals surface area contributed by atoms with Gasteiger partial charge in [0, 0.05) is 21.2 Å². The average molecular weight is 351 g/mol. The molecule has 2 rings (SSSR count). The molecule has 0 atom stereocenters. The van der Waals surface area contributed by atoms with E-state index in [1.807, 2.05) is 29.6 Å². The Balaban J connectivity index is 2.30. The third-order valence-corrected chi connectivity index (χ3v) is 5.72. The van der Waals surface area contributed by atoms with Gasteiger partial charge in [-0.2, -0.15) is 0 Å². The second-order valence-corrected chi connectivity index (χ2v) is 6.90. The third-order valence-electron chi connectivity index (χ3n) is 4.02. The fourth-order valence-electron chi connectivity index (χ4n) is 2.74. The van der Waals surface area contributed by atoms with Crippen LogP contribution in [-0.2, 0) is 16.6 Å². The highest BCUT2D eigenvalue weighted by atomic mass is 79.9. The molecular formula is C17H19BrOS. The van der Waals surface area contributed by atoms with Gasteiger partial charge in [0.05, 0.1) is 5.41 Å². The standard InChI is InChI=1S/C17H19BrOS/c1-3-17(4-2,13-8-6-5-7-9-13)16(19)11-15-10-14(18)12-20-15/h5-10,12H,3-4,11H2,1-2H3. The van der Waals surface area contributed by atoms with E-state index in [0.29, 0.717) is 12.2 Å².